The van der Waals surface area contributed by atoms with E-state index in [1.54, 1.807) is 31.5 Å². The first kappa shape index (κ1) is 18.0. The van der Waals surface area contributed by atoms with E-state index in [2.05, 4.69) is 10.3 Å². The van der Waals surface area contributed by atoms with Crippen molar-refractivity contribution in [1.82, 2.24) is 14.6 Å². The van der Waals surface area contributed by atoms with Crippen LogP contribution in [0.3, 0.4) is 0 Å². The van der Waals surface area contributed by atoms with Crippen LogP contribution in [0.1, 0.15) is 39.3 Å². The van der Waals surface area contributed by atoms with Crippen molar-refractivity contribution in [2.75, 3.05) is 13.6 Å². The molecule has 2 aromatic heterocycles. The molecule has 0 aromatic carbocycles. The number of fused-ring (bicyclic) bond motifs is 1. The summed E-state index contributed by atoms with van der Waals surface area (Å²) in [6.45, 7) is 2.90. The van der Waals surface area contributed by atoms with Crippen molar-refractivity contribution in [2.45, 2.75) is 30.1 Å². The number of rotatable bonds is 5. The van der Waals surface area contributed by atoms with Crippen molar-refractivity contribution >= 4 is 27.3 Å². The third kappa shape index (κ3) is 3.20. The van der Waals surface area contributed by atoms with Crippen LogP contribution in [-0.4, -0.2) is 42.4 Å². The van der Waals surface area contributed by atoms with Crippen molar-refractivity contribution in [3.63, 3.8) is 0 Å². The van der Waals surface area contributed by atoms with Gasteiger partial charge in [0.1, 0.15) is 4.21 Å². The Morgan fingerprint density at radius 3 is 2.88 bits per heavy atom. The number of thiophene rings is 1. The third-order valence-electron chi connectivity index (χ3n) is 4.44. The van der Waals surface area contributed by atoms with E-state index in [1.165, 1.54) is 11.4 Å². The summed E-state index contributed by atoms with van der Waals surface area (Å²) in [7, 11) is -2.47. The molecule has 0 fully saturated rings. The van der Waals surface area contributed by atoms with Crippen LogP contribution in [-0.2, 0) is 23.0 Å². The summed E-state index contributed by atoms with van der Waals surface area (Å²) in [4.78, 5) is 16.6. The minimum absolute atomic E-state index is 0.0771. The molecule has 1 aliphatic rings. The number of nitrogens with zero attached hydrogens (tertiary/aromatic N) is 2. The maximum absolute atomic E-state index is 13.1. The van der Waals surface area contributed by atoms with Crippen molar-refractivity contribution in [2.24, 2.45) is 0 Å². The maximum Gasteiger partial charge on any atom is 0.338 e. The fourth-order valence-electron chi connectivity index (χ4n) is 2.88. The van der Waals surface area contributed by atoms with Crippen molar-refractivity contribution < 1.29 is 18.3 Å². The molecule has 2 N–H and O–H groups in total. The van der Waals surface area contributed by atoms with Gasteiger partial charge in [-0.15, -0.1) is 11.3 Å². The molecule has 1 aliphatic heterocycles. The Balaban J connectivity index is 2.05. The average Bonchev–Trinajstić information content (AvgIpc) is 3.01. The van der Waals surface area contributed by atoms with Crippen LogP contribution in [0.25, 0.3) is 0 Å². The molecule has 0 unspecified atom stereocenters. The normalized spacial score (nSPS) is 15.8. The molecule has 0 amide bonds. The molecule has 0 spiro atoms. The van der Waals surface area contributed by atoms with Gasteiger partial charge in [-0.2, -0.15) is 4.31 Å². The Morgan fingerprint density at radius 2 is 2.24 bits per heavy atom. The lowest BCUT2D eigenvalue weighted by Crippen LogP contribution is -2.30. The van der Waals surface area contributed by atoms with Gasteiger partial charge in [-0.3, -0.25) is 4.98 Å². The second-order valence-corrected chi connectivity index (χ2v) is 9.18. The Kier molecular flexibility index (Phi) is 4.92. The zero-order valence-corrected chi connectivity index (χ0v) is 15.5. The molecule has 9 heteroatoms. The van der Waals surface area contributed by atoms with Gasteiger partial charge in [-0.25, -0.2) is 13.2 Å². The maximum atomic E-state index is 13.1. The Labute approximate surface area is 150 Å². The molecule has 2 aromatic rings. The second-order valence-electron chi connectivity index (χ2n) is 5.88. The van der Waals surface area contributed by atoms with E-state index in [1.807, 2.05) is 0 Å². The number of carbonyl (C=O) groups is 1. The van der Waals surface area contributed by atoms with E-state index in [9.17, 15) is 18.3 Å². The minimum atomic E-state index is -3.94. The lowest BCUT2D eigenvalue weighted by atomic mass is 10.1. The molecule has 0 radical (unpaired) electrons. The summed E-state index contributed by atoms with van der Waals surface area (Å²) in [5, 5.41) is 12.8. The summed E-state index contributed by atoms with van der Waals surface area (Å²) in [5.41, 5.74) is 1.30. The van der Waals surface area contributed by atoms with Crippen LogP contribution in [0.15, 0.2) is 28.7 Å². The van der Waals surface area contributed by atoms with Gasteiger partial charge in [-0.05, 0) is 37.1 Å². The van der Waals surface area contributed by atoms with Gasteiger partial charge < -0.3 is 10.4 Å². The second kappa shape index (κ2) is 6.83. The molecule has 1 atom stereocenters. The Bertz CT molecular complexity index is 894. The van der Waals surface area contributed by atoms with Crippen molar-refractivity contribution in [1.29, 1.82) is 0 Å². The van der Waals surface area contributed by atoms with Crippen LogP contribution in [0.2, 0.25) is 0 Å². The first-order valence-electron chi connectivity index (χ1n) is 7.80. The summed E-state index contributed by atoms with van der Waals surface area (Å²) in [5.74, 6) is -1.19. The Hall–Kier alpha value is -1.81. The number of carboxylic acids is 1. The van der Waals surface area contributed by atoms with Crippen molar-refractivity contribution in [3.8, 4) is 0 Å². The smallest absolute Gasteiger partial charge is 0.338 e. The number of sulfonamides is 1. The number of aromatic nitrogens is 1. The predicted octanol–water partition coefficient (Wildman–Crippen LogP) is 1.87. The van der Waals surface area contributed by atoms with Gasteiger partial charge >= 0.3 is 5.97 Å². The van der Waals surface area contributed by atoms with Gasteiger partial charge in [0.05, 0.1) is 5.56 Å². The summed E-state index contributed by atoms with van der Waals surface area (Å²) in [6.07, 6.45) is 3.75. The molecule has 134 valence electrons. The largest absolute Gasteiger partial charge is 0.478 e. The molecular formula is C16H19N3O4S2. The third-order valence-corrected chi connectivity index (χ3v) is 8.09. The predicted molar refractivity (Wildman–Crippen MR) is 94.3 cm³/mol. The number of pyridine rings is 1. The fraction of sp³-hybridized carbons (Fsp3) is 0.375. The first-order valence-corrected chi connectivity index (χ1v) is 10.1. The highest BCUT2D eigenvalue weighted by molar-refractivity contribution is 7.91. The number of hydrogen-bond acceptors (Lipinski definition) is 6. The lowest BCUT2D eigenvalue weighted by molar-refractivity contribution is 0.0692. The first-order chi connectivity index (χ1) is 11.8. The molecule has 0 bridgehead atoms. The number of hydrogen-bond donors (Lipinski definition) is 2. The molecule has 0 saturated heterocycles. The quantitative estimate of drug-likeness (QED) is 0.820. The Morgan fingerprint density at radius 1 is 1.48 bits per heavy atom. The number of aromatic carboxylic acids is 1. The van der Waals surface area contributed by atoms with Crippen LogP contribution in [0.5, 0.6) is 0 Å². The van der Waals surface area contributed by atoms with Gasteiger partial charge in [-0.1, -0.05) is 6.07 Å². The molecule has 0 saturated carbocycles. The average molecular weight is 381 g/mol. The summed E-state index contributed by atoms with van der Waals surface area (Å²) < 4.78 is 27.4. The summed E-state index contributed by atoms with van der Waals surface area (Å²) in [6, 6.07) is 3.08. The highest BCUT2D eigenvalue weighted by Gasteiger charge is 2.36. The van der Waals surface area contributed by atoms with Crippen LogP contribution in [0, 0.1) is 0 Å². The van der Waals surface area contributed by atoms with Crippen LogP contribution < -0.4 is 5.32 Å². The van der Waals surface area contributed by atoms with E-state index in [0.29, 0.717) is 25.1 Å². The lowest BCUT2D eigenvalue weighted by Gasteiger charge is -2.24. The zero-order valence-electron chi connectivity index (χ0n) is 13.9. The monoisotopic (exact) mass is 381 g/mol. The van der Waals surface area contributed by atoms with Gasteiger partial charge in [0.15, 0.2) is 0 Å². The molecule has 3 heterocycles. The van der Waals surface area contributed by atoms with E-state index in [-0.39, 0.29) is 9.77 Å². The molecule has 7 nitrogen and oxygen atoms in total. The van der Waals surface area contributed by atoms with E-state index < -0.39 is 22.0 Å². The molecule has 0 aliphatic carbocycles. The molecule has 3 rings (SSSR count). The van der Waals surface area contributed by atoms with E-state index >= 15 is 0 Å². The van der Waals surface area contributed by atoms with Gasteiger partial charge in [0.2, 0.25) is 0 Å². The SMILES string of the molecule is C[C@H](c1cccnc1)N(C)S(=O)(=O)c1sc2c(c1C(=O)O)CCNC2. The van der Waals surface area contributed by atoms with Gasteiger partial charge in [0.25, 0.3) is 10.0 Å². The minimum Gasteiger partial charge on any atom is -0.478 e. The van der Waals surface area contributed by atoms with Crippen LogP contribution >= 0.6 is 11.3 Å². The topological polar surface area (TPSA) is 99.6 Å². The van der Waals surface area contributed by atoms with Gasteiger partial charge in [0, 0.05) is 36.9 Å². The van der Waals surface area contributed by atoms with Crippen LogP contribution in [0.4, 0.5) is 0 Å². The van der Waals surface area contributed by atoms with E-state index in [4.69, 9.17) is 0 Å². The molecular weight excluding hydrogens is 362 g/mol. The highest BCUT2D eigenvalue weighted by Crippen LogP contribution is 2.37. The van der Waals surface area contributed by atoms with Crippen molar-refractivity contribution in [3.05, 3.63) is 46.1 Å². The number of carboxylic acid groups (broad SMARTS) is 1. The fourth-order valence-corrected chi connectivity index (χ4v) is 6.26. The number of nitrogens with one attached hydrogen (secondary N) is 1. The standard InChI is InChI=1S/C16H19N3O4S2/c1-10(11-4-3-6-17-8-11)19(2)25(22,23)16-14(15(20)21)12-5-7-18-9-13(12)24-16/h3-4,6,8,10,18H,5,7,9H2,1-2H3,(H,20,21)/t10-/m1/s1. The molecule has 25 heavy (non-hydrogen) atoms. The highest BCUT2D eigenvalue weighted by atomic mass is 32.2. The van der Waals surface area contributed by atoms with E-state index in [0.717, 1.165) is 21.8 Å². The zero-order chi connectivity index (χ0) is 18.2. The summed E-state index contributed by atoms with van der Waals surface area (Å²) >= 11 is 1.05.